The molecule has 0 aromatic heterocycles. The van der Waals surface area contributed by atoms with Crippen molar-refractivity contribution >= 4 is 46.7 Å². The van der Waals surface area contributed by atoms with Gasteiger partial charge in [-0.15, -0.1) is 0 Å². The molecular weight excluding hydrogens is 369 g/mol. The number of aliphatic carboxylic acids is 1. The third-order valence-corrected chi connectivity index (χ3v) is 4.44. The van der Waals surface area contributed by atoms with Crippen LogP contribution in [0.25, 0.3) is 0 Å². The van der Waals surface area contributed by atoms with E-state index in [0.29, 0.717) is 28.7 Å². The number of hydrogen-bond acceptors (Lipinski definition) is 4. The van der Waals surface area contributed by atoms with Crippen LogP contribution in [0.3, 0.4) is 0 Å². The van der Waals surface area contributed by atoms with Crippen molar-refractivity contribution in [3.63, 3.8) is 0 Å². The van der Waals surface area contributed by atoms with Gasteiger partial charge in [-0.1, -0.05) is 29.6 Å². The first-order valence-electron chi connectivity index (χ1n) is 7.85. The Morgan fingerprint density at radius 1 is 1.24 bits per heavy atom. The van der Waals surface area contributed by atoms with E-state index in [2.05, 4.69) is 10.6 Å². The Hall–Kier alpha value is -1.83. The summed E-state index contributed by atoms with van der Waals surface area (Å²) in [7, 11) is 0. The van der Waals surface area contributed by atoms with Crippen LogP contribution in [0.15, 0.2) is 18.2 Å². The minimum atomic E-state index is -1.11. The quantitative estimate of drug-likeness (QED) is 0.692. The molecule has 25 heavy (non-hydrogen) atoms. The van der Waals surface area contributed by atoms with Gasteiger partial charge in [0.1, 0.15) is 6.54 Å². The van der Waals surface area contributed by atoms with E-state index in [9.17, 15) is 14.4 Å². The van der Waals surface area contributed by atoms with E-state index in [-0.39, 0.29) is 12.5 Å². The SMILES string of the molecule is O=C(O)CNC(=O)CN1CCCCC1C(=O)Nc1ccc(Cl)cc1Cl. The van der Waals surface area contributed by atoms with Gasteiger partial charge < -0.3 is 15.7 Å². The highest BCUT2D eigenvalue weighted by Gasteiger charge is 2.30. The topological polar surface area (TPSA) is 98.7 Å². The monoisotopic (exact) mass is 387 g/mol. The lowest BCUT2D eigenvalue weighted by Crippen LogP contribution is -2.51. The predicted molar refractivity (Wildman–Crippen MR) is 94.9 cm³/mol. The molecule has 1 unspecified atom stereocenters. The second-order valence-electron chi connectivity index (χ2n) is 5.77. The number of benzene rings is 1. The van der Waals surface area contributed by atoms with Crippen LogP contribution < -0.4 is 10.6 Å². The molecule has 2 rings (SSSR count). The van der Waals surface area contributed by atoms with Gasteiger partial charge in [0.15, 0.2) is 0 Å². The Morgan fingerprint density at radius 2 is 2.00 bits per heavy atom. The number of piperidine rings is 1. The van der Waals surface area contributed by atoms with Crippen molar-refractivity contribution in [3.05, 3.63) is 28.2 Å². The molecule has 0 aliphatic carbocycles. The smallest absolute Gasteiger partial charge is 0.322 e. The lowest BCUT2D eigenvalue weighted by Gasteiger charge is -2.34. The Balaban J connectivity index is 2.00. The molecule has 0 saturated carbocycles. The average molecular weight is 388 g/mol. The lowest BCUT2D eigenvalue weighted by molar-refractivity contribution is -0.138. The number of amides is 2. The van der Waals surface area contributed by atoms with Gasteiger partial charge in [0.25, 0.3) is 0 Å². The van der Waals surface area contributed by atoms with Gasteiger partial charge in [-0.3, -0.25) is 19.3 Å². The van der Waals surface area contributed by atoms with E-state index in [0.717, 1.165) is 12.8 Å². The van der Waals surface area contributed by atoms with Crippen LogP contribution in [-0.2, 0) is 14.4 Å². The summed E-state index contributed by atoms with van der Waals surface area (Å²) in [6.07, 6.45) is 2.36. The molecule has 1 heterocycles. The summed E-state index contributed by atoms with van der Waals surface area (Å²) in [6, 6.07) is 4.31. The third-order valence-electron chi connectivity index (χ3n) is 3.89. The Bertz CT molecular complexity index is 669. The summed E-state index contributed by atoms with van der Waals surface area (Å²) in [5.41, 5.74) is 0.455. The molecule has 1 aliphatic heterocycles. The number of rotatable bonds is 6. The predicted octanol–water partition coefficient (Wildman–Crippen LogP) is 1.99. The molecule has 0 bridgehead atoms. The molecule has 1 aliphatic rings. The first-order chi connectivity index (χ1) is 11.9. The van der Waals surface area contributed by atoms with Gasteiger partial charge in [-0.05, 0) is 37.6 Å². The molecule has 1 aromatic rings. The molecule has 9 heteroatoms. The lowest BCUT2D eigenvalue weighted by atomic mass is 10.0. The summed E-state index contributed by atoms with van der Waals surface area (Å²) in [6.45, 7) is 0.122. The Kier molecular flexibility index (Phi) is 7.04. The number of nitrogens with one attached hydrogen (secondary N) is 2. The standard InChI is InChI=1S/C16H19Cl2N3O4/c17-10-4-5-12(11(18)7-10)20-16(25)13-3-1-2-6-21(13)9-14(22)19-8-15(23)24/h4-5,7,13H,1-3,6,8-9H2,(H,19,22)(H,20,25)(H,23,24). The zero-order valence-electron chi connectivity index (χ0n) is 13.4. The van der Waals surface area contributed by atoms with E-state index in [1.165, 1.54) is 6.07 Å². The number of likely N-dealkylation sites (tertiary alicyclic amines) is 1. The van der Waals surface area contributed by atoms with E-state index >= 15 is 0 Å². The maximum atomic E-state index is 12.6. The number of carbonyl (C=O) groups excluding carboxylic acids is 2. The van der Waals surface area contributed by atoms with Crippen LogP contribution in [-0.4, -0.2) is 53.5 Å². The van der Waals surface area contributed by atoms with E-state index in [1.807, 2.05) is 0 Å². The zero-order chi connectivity index (χ0) is 18.4. The second-order valence-corrected chi connectivity index (χ2v) is 6.61. The zero-order valence-corrected chi connectivity index (χ0v) is 14.9. The van der Waals surface area contributed by atoms with Crippen LogP contribution in [0, 0.1) is 0 Å². The van der Waals surface area contributed by atoms with Crippen LogP contribution in [0.4, 0.5) is 5.69 Å². The maximum Gasteiger partial charge on any atom is 0.322 e. The fourth-order valence-electron chi connectivity index (χ4n) is 2.70. The highest BCUT2D eigenvalue weighted by atomic mass is 35.5. The molecule has 3 N–H and O–H groups in total. The summed E-state index contributed by atoms with van der Waals surface area (Å²) in [4.78, 5) is 36.7. The first kappa shape index (κ1) is 19.5. The fraction of sp³-hybridized carbons (Fsp3) is 0.438. The van der Waals surface area contributed by atoms with Crippen LogP contribution in [0.1, 0.15) is 19.3 Å². The average Bonchev–Trinajstić information content (AvgIpc) is 2.56. The number of hydrogen-bond donors (Lipinski definition) is 3. The van der Waals surface area contributed by atoms with Crippen molar-refractivity contribution in [3.8, 4) is 0 Å². The molecule has 1 fully saturated rings. The van der Waals surface area contributed by atoms with Gasteiger partial charge in [-0.2, -0.15) is 0 Å². The summed E-state index contributed by atoms with van der Waals surface area (Å²) < 4.78 is 0. The molecule has 1 aromatic carbocycles. The number of carboxylic acid groups (broad SMARTS) is 1. The van der Waals surface area contributed by atoms with Crippen LogP contribution in [0.2, 0.25) is 10.0 Å². The van der Waals surface area contributed by atoms with Crippen molar-refractivity contribution in [1.29, 1.82) is 0 Å². The minimum absolute atomic E-state index is 0.0281. The Labute approximate surface area is 155 Å². The minimum Gasteiger partial charge on any atom is -0.480 e. The Morgan fingerprint density at radius 3 is 2.68 bits per heavy atom. The number of halogens is 2. The molecule has 2 amide bonds. The van der Waals surface area contributed by atoms with Crippen molar-refractivity contribution in [2.75, 3.05) is 25.0 Å². The van der Waals surface area contributed by atoms with Crippen molar-refractivity contribution < 1.29 is 19.5 Å². The molecule has 0 radical (unpaired) electrons. The molecular formula is C16H19Cl2N3O4. The largest absolute Gasteiger partial charge is 0.480 e. The first-order valence-corrected chi connectivity index (χ1v) is 8.61. The second kappa shape index (κ2) is 9.03. The van der Waals surface area contributed by atoms with Crippen molar-refractivity contribution in [2.45, 2.75) is 25.3 Å². The van der Waals surface area contributed by atoms with E-state index in [1.54, 1.807) is 17.0 Å². The fourth-order valence-corrected chi connectivity index (χ4v) is 3.15. The number of carbonyl (C=O) groups is 3. The normalized spacial score (nSPS) is 17.8. The molecule has 7 nitrogen and oxygen atoms in total. The maximum absolute atomic E-state index is 12.6. The summed E-state index contributed by atoms with van der Waals surface area (Å²) in [5.74, 6) is -1.79. The summed E-state index contributed by atoms with van der Waals surface area (Å²) >= 11 is 11.9. The van der Waals surface area contributed by atoms with Crippen molar-refractivity contribution in [1.82, 2.24) is 10.2 Å². The van der Waals surface area contributed by atoms with Gasteiger partial charge in [0.05, 0.1) is 23.3 Å². The molecule has 1 atom stereocenters. The van der Waals surface area contributed by atoms with Crippen LogP contribution >= 0.6 is 23.2 Å². The van der Waals surface area contributed by atoms with Gasteiger partial charge in [0.2, 0.25) is 11.8 Å². The highest BCUT2D eigenvalue weighted by molar-refractivity contribution is 6.36. The summed E-state index contributed by atoms with van der Waals surface area (Å²) in [5, 5.41) is 14.5. The number of anilines is 1. The van der Waals surface area contributed by atoms with Crippen molar-refractivity contribution in [2.24, 2.45) is 0 Å². The molecule has 136 valence electrons. The van der Waals surface area contributed by atoms with Gasteiger partial charge in [-0.25, -0.2) is 0 Å². The molecule has 1 saturated heterocycles. The molecule has 0 spiro atoms. The van der Waals surface area contributed by atoms with E-state index in [4.69, 9.17) is 28.3 Å². The third kappa shape index (κ3) is 5.88. The van der Waals surface area contributed by atoms with Gasteiger partial charge >= 0.3 is 5.97 Å². The van der Waals surface area contributed by atoms with Crippen LogP contribution in [0.5, 0.6) is 0 Å². The van der Waals surface area contributed by atoms with E-state index < -0.39 is 24.5 Å². The number of carboxylic acids is 1. The highest BCUT2D eigenvalue weighted by Crippen LogP contribution is 2.26. The number of nitrogens with zero attached hydrogens (tertiary/aromatic N) is 1. The van der Waals surface area contributed by atoms with Gasteiger partial charge in [0, 0.05) is 5.02 Å².